The van der Waals surface area contributed by atoms with E-state index in [2.05, 4.69) is 10.3 Å². The van der Waals surface area contributed by atoms with E-state index in [0.717, 1.165) is 0 Å². The molecule has 1 unspecified atom stereocenters. The highest BCUT2D eigenvalue weighted by Gasteiger charge is 2.35. The van der Waals surface area contributed by atoms with Crippen LogP contribution in [0, 0.1) is 17.0 Å². The van der Waals surface area contributed by atoms with Gasteiger partial charge in [0.2, 0.25) is 11.6 Å². The summed E-state index contributed by atoms with van der Waals surface area (Å²) in [5.41, 5.74) is -1.27. The van der Waals surface area contributed by atoms with Crippen molar-refractivity contribution in [2.75, 3.05) is 5.32 Å². The molecule has 0 aliphatic carbocycles. The minimum absolute atomic E-state index is 0.101. The second-order valence-corrected chi connectivity index (χ2v) is 4.26. The number of nitro groups is 1. The van der Waals surface area contributed by atoms with Crippen molar-refractivity contribution in [2.24, 2.45) is 7.05 Å². The van der Waals surface area contributed by atoms with Crippen molar-refractivity contribution in [3.63, 3.8) is 0 Å². The predicted molar refractivity (Wildman–Crippen MR) is 64.6 cm³/mol. The molecule has 1 atom stereocenters. The van der Waals surface area contributed by atoms with Gasteiger partial charge in [0.1, 0.15) is 5.54 Å². The predicted octanol–water partition coefficient (Wildman–Crippen LogP) is 1.30. The summed E-state index contributed by atoms with van der Waals surface area (Å²) in [4.78, 5) is 25.2. The number of hydrogen-bond donors (Lipinski definition) is 2. The molecule has 0 saturated carbocycles. The number of imidazole rings is 1. The standard InChI is InChI=1S/C10H16N4O4/c1-5-10(3,9(15)16)12-8-7(14(17)18)11-6(2)13(8)4/h12H,5H2,1-4H3,(H,15,16). The molecule has 1 aromatic rings. The van der Waals surface area contributed by atoms with E-state index in [4.69, 9.17) is 5.11 Å². The molecule has 2 N–H and O–H groups in total. The monoisotopic (exact) mass is 256 g/mol. The normalized spacial score (nSPS) is 14.0. The van der Waals surface area contributed by atoms with Crippen LogP contribution in [0.5, 0.6) is 0 Å². The number of hydrogen-bond acceptors (Lipinski definition) is 5. The van der Waals surface area contributed by atoms with Crippen molar-refractivity contribution < 1.29 is 14.8 Å². The van der Waals surface area contributed by atoms with Gasteiger partial charge >= 0.3 is 11.8 Å². The fourth-order valence-corrected chi connectivity index (χ4v) is 1.41. The lowest BCUT2D eigenvalue weighted by molar-refractivity contribution is -0.388. The minimum Gasteiger partial charge on any atom is -0.480 e. The van der Waals surface area contributed by atoms with Crippen LogP contribution < -0.4 is 5.32 Å². The molecule has 1 rings (SSSR count). The second kappa shape index (κ2) is 4.63. The Hall–Kier alpha value is -2.12. The van der Waals surface area contributed by atoms with Crippen molar-refractivity contribution in [1.29, 1.82) is 0 Å². The van der Waals surface area contributed by atoms with Crippen LogP contribution in [0.3, 0.4) is 0 Å². The Morgan fingerprint density at radius 2 is 2.22 bits per heavy atom. The van der Waals surface area contributed by atoms with E-state index in [-0.39, 0.29) is 18.1 Å². The first-order chi connectivity index (χ1) is 8.23. The van der Waals surface area contributed by atoms with Gasteiger partial charge in [-0.25, -0.2) is 4.79 Å². The van der Waals surface area contributed by atoms with Crippen LogP contribution in [0.1, 0.15) is 26.1 Å². The number of carbonyl (C=O) groups is 1. The quantitative estimate of drug-likeness (QED) is 0.607. The third-order valence-electron chi connectivity index (χ3n) is 3.05. The number of carboxylic acid groups (broad SMARTS) is 1. The van der Waals surface area contributed by atoms with Crippen molar-refractivity contribution in [3.8, 4) is 0 Å². The van der Waals surface area contributed by atoms with Crippen molar-refractivity contribution in [1.82, 2.24) is 9.55 Å². The van der Waals surface area contributed by atoms with E-state index < -0.39 is 16.4 Å². The van der Waals surface area contributed by atoms with Gasteiger partial charge in [0, 0.05) is 14.0 Å². The summed E-state index contributed by atoms with van der Waals surface area (Å²) in [5, 5.41) is 22.7. The van der Waals surface area contributed by atoms with E-state index in [1.807, 2.05) is 0 Å². The van der Waals surface area contributed by atoms with Crippen LogP contribution in [0.15, 0.2) is 0 Å². The number of carboxylic acids is 1. The van der Waals surface area contributed by atoms with Crippen LogP contribution in [0.4, 0.5) is 11.6 Å². The van der Waals surface area contributed by atoms with Gasteiger partial charge in [-0.3, -0.25) is 4.57 Å². The van der Waals surface area contributed by atoms with Gasteiger partial charge in [0.15, 0.2) is 0 Å². The zero-order chi connectivity index (χ0) is 14.1. The lowest BCUT2D eigenvalue weighted by Crippen LogP contribution is -2.43. The van der Waals surface area contributed by atoms with Gasteiger partial charge in [0.05, 0.1) is 0 Å². The highest BCUT2D eigenvalue weighted by Crippen LogP contribution is 2.28. The maximum atomic E-state index is 11.2. The number of rotatable bonds is 5. The number of aliphatic carboxylic acids is 1. The molecular formula is C10H16N4O4. The number of nitrogens with one attached hydrogen (secondary N) is 1. The lowest BCUT2D eigenvalue weighted by Gasteiger charge is -2.25. The SMILES string of the molecule is CCC(C)(Nc1c([N+](=O)[O-])nc(C)n1C)C(=O)O. The molecule has 8 heteroatoms. The lowest BCUT2D eigenvalue weighted by atomic mass is 9.99. The van der Waals surface area contributed by atoms with Gasteiger partial charge in [-0.2, -0.15) is 0 Å². The van der Waals surface area contributed by atoms with E-state index in [9.17, 15) is 14.9 Å². The zero-order valence-corrected chi connectivity index (χ0v) is 10.7. The molecule has 8 nitrogen and oxygen atoms in total. The molecule has 18 heavy (non-hydrogen) atoms. The Bertz CT molecular complexity index is 496. The largest absolute Gasteiger partial charge is 0.480 e. The first kappa shape index (κ1) is 13.9. The number of anilines is 1. The Morgan fingerprint density at radius 1 is 1.67 bits per heavy atom. The third kappa shape index (κ3) is 2.27. The molecule has 1 heterocycles. The molecule has 0 aliphatic rings. The van der Waals surface area contributed by atoms with E-state index >= 15 is 0 Å². The molecule has 0 bridgehead atoms. The summed E-state index contributed by atoms with van der Waals surface area (Å²) in [7, 11) is 1.59. The van der Waals surface area contributed by atoms with Crippen LogP contribution in [-0.4, -0.2) is 31.1 Å². The molecule has 1 aromatic heterocycles. The summed E-state index contributed by atoms with van der Waals surface area (Å²) in [5.74, 6) is -0.897. The molecule has 0 amide bonds. The van der Waals surface area contributed by atoms with Gasteiger partial charge < -0.3 is 20.5 Å². The van der Waals surface area contributed by atoms with E-state index in [0.29, 0.717) is 5.82 Å². The Labute approximate surface area is 104 Å². The van der Waals surface area contributed by atoms with Gasteiger partial charge in [-0.15, -0.1) is 0 Å². The summed E-state index contributed by atoms with van der Waals surface area (Å²) in [6.07, 6.45) is 0.281. The van der Waals surface area contributed by atoms with E-state index in [1.165, 1.54) is 11.5 Å². The third-order valence-corrected chi connectivity index (χ3v) is 3.05. The molecule has 0 fully saturated rings. The van der Waals surface area contributed by atoms with Crippen LogP contribution >= 0.6 is 0 Å². The average Bonchev–Trinajstić information content (AvgIpc) is 2.57. The second-order valence-electron chi connectivity index (χ2n) is 4.26. The molecule has 0 spiro atoms. The maximum Gasteiger partial charge on any atom is 0.406 e. The zero-order valence-electron chi connectivity index (χ0n) is 10.7. The van der Waals surface area contributed by atoms with Crippen LogP contribution in [0.25, 0.3) is 0 Å². The van der Waals surface area contributed by atoms with Crippen molar-refractivity contribution in [3.05, 3.63) is 15.9 Å². The highest BCUT2D eigenvalue weighted by atomic mass is 16.6. The Balaban J connectivity index is 3.26. The summed E-state index contributed by atoms with van der Waals surface area (Å²) >= 11 is 0. The maximum absolute atomic E-state index is 11.2. The van der Waals surface area contributed by atoms with Gasteiger partial charge in [-0.05, 0) is 23.3 Å². The summed E-state index contributed by atoms with van der Waals surface area (Å²) < 4.78 is 1.47. The fraction of sp³-hybridized carbons (Fsp3) is 0.600. The smallest absolute Gasteiger partial charge is 0.406 e. The summed E-state index contributed by atoms with van der Waals surface area (Å²) in [6, 6.07) is 0. The molecule has 100 valence electrons. The number of nitrogens with zero attached hydrogens (tertiary/aromatic N) is 3. The summed E-state index contributed by atoms with van der Waals surface area (Å²) in [6.45, 7) is 4.78. The minimum atomic E-state index is -1.27. The van der Waals surface area contributed by atoms with E-state index in [1.54, 1.807) is 20.9 Å². The molecular weight excluding hydrogens is 240 g/mol. The van der Waals surface area contributed by atoms with Crippen molar-refractivity contribution >= 4 is 17.6 Å². The van der Waals surface area contributed by atoms with Gasteiger partial charge in [0.25, 0.3) is 0 Å². The molecule has 0 aliphatic heterocycles. The highest BCUT2D eigenvalue weighted by molar-refractivity contribution is 5.82. The Kier molecular flexibility index (Phi) is 3.59. The first-order valence-electron chi connectivity index (χ1n) is 5.42. The molecule has 0 saturated heterocycles. The molecule has 0 radical (unpaired) electrons. The number of aromatic nitrogens is 2. The van der Waals surface area contributed by atoms with Gasteiger partial charge in [-0.1, -0.05) is 6.92 Å². The topological polar surface area (TPSA) is 110 Å². The first-order valence-corrected chi connectivity index (χ1v) is 5.42. The van der Waals surface area contributed by atoms with Crippen LogP contribution in [0.2, 0.25) is 0 Å². The molecule has 0 aromatic carbocycles. The fourth-order valence-electron chi connectivity index (χ4n) is 1.41. The Morgan fingerprint density at radius 3 is 2.61 bits per heavy atom. The van der Waals surface area contributed by atoms with Crippen LogP contribution in [-0.2, 0) is 11.8 Å². The van der Waals surface area contributed by atoms with Crippen molar-refractivity contribution in [2.45, 2.75) is 32.7 Å². The number of aryl methyl sites for hydroxylation is 1. The average molecular weight is 256 g/mol.